The van der Waals surface area contributed by atoms with Gasteiger partial charge in [-0.25, -0.2) is 0 Å². The van der Waals surface area contributed by atoms with Crippen LogP contribution >= 0.6 is 0 Å². The fourth-order valence-corrected chi connectivity index (χ4v) is 2.94. The first kappa shape index (κ1) is 19.0. The molecule has 0 aliphatic carbocycles. The van der Waals surface area contributed by atoms with Crippen LogP contribution in [0.1, 0.15) is 15.9 Å². The Balaban J connectivity index is 1.96. The number of ether oxygens (including phenoxy) is 3. The van der Waals surface area contributed by atoms with E-state index in [1.807, 2.05) is 0 Å². The van der Waals surface area contributed by atoms with E-state index >= 15 is 0 Å². The summed E-state index contributed by atoms with van der Waals surface area (Å²) >= 11 is 0. The molecule has 0 radical (unpaired) electrons. The molecule has 2 aromatic carbocycles. The molecule has 144 valence electrons. The minimum absolute atomic E-state index is 0.0203. The molecule has 8 nitrogen and oxygen atoms in total. The van der Waals surface area contributed by atoms with Gasteiger partial charge in [0.15, 0.2) is 17.3 Å². The Morgan fingerprint density at radius 2 is 1.79 bits per heavy atom. The van der Waals surface area contributed by atoms with Gasteiger partial charge in [0.05, 0.1) is 26.3 Å². The van der Waals surface area contributed by atoms with Crippen LogP contribution < -0.4 is 14.2 Å². The highest BCUT2D eigenvalue weighted by molar-refractivity contribution is 6.08. The molecule has 8 heteroatoms. The maximum atomic E-state index is 12.6. The van der Waals surface area contributed by atoms with Gasteiger partial charge in [-0.2, -0.15) is 0 Å². The molecule has 0 saturated heterocycles. The van der Waals surface area contributed by atoms with E-state index in [-0.39, 0.29) is 11.5 Å². The van der Waals surface area contributed by atoms with Gasteiger partial charge < -0.3 is 19.2 Å². The summed E-state index contributed by atoms with van der Waals surface area (Å²) in [6.45, 7) is 0. The third-order valence-electron chi connectivity index (χ3n) is 4.29. The average Bonchev–Trinajstić information content (AvgIpc) is 3.13. The van der Waals surface area contributed by atoms with Crippen molar-refractivity contribution in [2.24, 2.45) is 0 Å². The van der Waals surface area contributed by atoms with Gasteiger partial charge in [-0.1, -0.05) is 12.1 Å². The van der Waals surface area contributed by atoms with Crippen molar-refractivity contribution in [3.8, 4) is 17.2 Å². The van der Waals surface area contributed by atoms with Crippen molar-refractivity contribution in [1.29, 1.82) is 0 Å². The van der Waals surface area contributed by atoms with E-state index in [1.54, 1.807) is 36.5 Å². The van der Waals surface area contributed by atoms with Crippen LogP contribution in [0.2, 0.25) is 0 Å². The van der Waals surface area contributed by atoms with Gasteiger partial charge in [0.1, 0.15) is 5.52 Å². The van der Waals surface area contributed by atoms with Gasteiger partial charge in [-0.15, -0.1) is 0 Å². The number of nitrogens with zero attached hydrogens (tertiary/aromatic N) is 1. The van der Waals surface area contributed by atoms with Crippen molar-refractivity contribution in [2.45, 2.75) is 0 Å². The summed E-state index contributed by atoms with van der Waals surface area (Å²) < 4.78 is 15.8. The highest BCUT2D eigenvalue weighted by atomic mass is 16.6. The van der Waals surface area contributed by atoms with Crippen molar-refractivity contribution >= 4 is 28.4 Å². The molecule has 0 unspecified atom stereocenters. The number of methoxy groups -OCH3 is 3. The molecular weight excluding hydrogens is 364 g/mol. The lowest BCUT2D eigenvalue weighted by molar-refractivity contribution is -0.383. The summed E-state index contributed by atoms with van der Waals surface area (Å²) in [5, 5.41) is 11.8. The van der Waals surface area contributed by atoms with Crippen molar-refractivity contribution in [3.63, 3.8) is 0 Å². The predicted molar refractivity (Wildman–Crippen MR) is 104 cm³/mol. The first-order valence-electron chi connectivity index (χ1n) is 8.27. The molecule has 1 heterocycles. The Morgan fingerprint density at radius 1 is 1.11 bits per heavy atom. The summed E-state index contributed by atoms with van der Waals surface area (Å²) in [5.41, 5.74) is 1.41. The number of carbonyl (C=O) groups is 1. The number of non-ortho nitro benzene ring substituents is 1. The van der Waals surface area contributed by atoms with Gasteiger partial charge >= 0.3 is 0 Å². The number of nitro groups is 1. The third-order valence-corrected chi connectivity index (χ3v) is 4.29. The number of allylic oxidation sites excluding steroid dienone is 1. The van der Waals surface area contributed by atoms with Crippen LogP contribution in [-0.2, 0) is 0 Å². The summed E-state index contributed by atoms with van der Waals surface area (Å²) in [4.78, 5) is 26.2. The smallest absolute Gasteiger partial charge is 0.293 e. The van der Waals surface area contributed by atoms with Crippen molar-refractivity contribution in [1.82, 2.24) is 4.98 Å². The van der Waals surface area contributed by atoms with Crippen LogP contribution in [0.25, 0.3) is 17.0 Å². The third kappa shape index (κ3) is 3.39. The Hall–Kier alpha value is -3.81. The maximum absolute atomic E-state index is 12.6. The van der Waals surface area contributed by atoms with E-state index in [0.29, 0.717) is 39.3 Å². The normalized spacial score (nSPS) is 11.0. The number of hydrogen-bond acceptors (Lipinski definition) is 6. The zero-order chi connectivity index (χ0) is 20.3. The van der Waals surface area contributed by atoms with Crippen LogP contribution in [0.5, 0.6) is 17.2 Å². The van der Waals surface area contributed by atoms with Gasteiger partial charge in [0.25, 0.3) is 5.69 Å². The zero-order valence-corrected chi connectivity index (χ0v) is 15.5. The number of rotatable bonds is 7. The standard InChI is InChI=1S/C20H18N2O6/c1-26-17-9-13(10-18(27-2)20(17)28-3)16(23)8-7-12-11-21-19-14(12)5-4-6-15(19)22(24)25/h4-11,21H,1-3H3/b8-7+. The molecule has 28 heavy (non-hydrogen) atoms. The summed E-state index contributed by atoms with van der Waals surface area (Å²) in [6.07, 6.45) is 4.62. The number of benzene rings is 2. The molecule has 0 atom stereocenters. The molecule has 0 aliphatic heterocycles. The molecule has 1 N–H and O–H groups in total. The van der Waals surface area contributed by atoms with Gasteiger partial charge in [0, 0.05) is 28.8 Å². The lowest BCUT2D eigenvalue weighted by Crippen LogP contribution is -2.00. The largest absolute Gasteiger partial charge is 0.493 e. The number of ketones is 1. The van der Waals surface area contributed by atoms with Gasteiger partial charge in [-0.3, -0.25) is 14.9 Å². The topological polar surface area (TPSA) is 104 Å². The maximum Gasteiger partial charge on any atom is 0.293 e. The molecule has 0 saturated carbocycles. The van der Waals surface area contributed by atoms with Crippen molar-refractivity contribution in [2.75, 3.05) is 21.3 Å². The number of para-hydroxylation sites is 1. The molecular formula is C20H18N2O6. The van der Waals surface area contributed by atoms with E-state index in [0.717, 1.165) is 0 Å². The minimum Gasteiger partial charge on any atom is -0.493 e. The quantitative estimate of drug-likeness (QED) is 0.287. The monoisotopic (exact) mass is 382 g/mol. The van der Waals surface area contributed by atoms with E-state index in [1.165, 1.54) is 33.5 Å². The molecule has 0 aliphatic rings. The molecule has 3 rings (SSSR count). The van der Waals surface area contributed by atoms with Crippen LogP contribution in [0.3, 0.4) is 0 Å². The van der Waals surface area contributed by atoms with Gasteiger partial charge in [0.2, 0.25) is 5.75 Å². The van der Waals surface area contributed by atoms with E-state index in [4.69, 9.17) is 14.2 Å². The minimum atomic E-state index is -0.451. The highest BCUT2D eigenvalue weighted by Crippen LogP contribution is 2.38. The SMILES string of the molecule is COc1cc(C(=O)/C=C/c2c[nH]c3c([N+](=O)[O-])cccc23)cc(OC)c1OC. The Kier molecular flexibility index (Phi) is 5.30. The van der Waals surface area contributed by atoms with Crippen LogP contribution in [0, 0.1) is 10.1 Å². The van der Waals surface area contributed by atoms with Crippen molar-refractivity contribution in [3.05, 3.63) is 63.8 Å². The number of fused-ring (bicyclic) bond motifs is 1. The highest BCUT2D eigenvalue weighted by Gasteiger charge is 2.17. The number of nitrogens with one attached hydrogen (secondary N) is 1. The molecule has 3 aromatic rings. The molecule has 0 bridgehead atoms. The van der Waals surface area contributed by atoms with E-state index < -0.39 is 4.92 Å². The molecule has 0 spiro atoms. The van der Waals surface area contributed by atoms with Crippen LogP contribution in [0.15, 0.2) is 42.6 Å². The number of nitro benzene ring substituents is 1. The Labute approximate surface area is 160 Å². The Bertz CT molecular complexity index is 1060. The first-order valence-corrected chi connectivity index (χ1v) is 8.27. The van der Waals surface area contributed by atoms with E-state index in [9.17, 15) is 14.9 Å². The summed E-state index contributed by atoms with van der Waals surface area (Å²) in [7, 11) is 4.43. The molecule has 1 aromatic heterocycles. The lowest BCUT2D eigenvalue weighted by atomic mass is 10.1. The van der Waals surface area contributed by atoms with Gasteiger partial charge in [-0.05, 0) is 24.3 Å². The van der Waals surface area contributed by atoms with E-state index in [2.05, 4.69) is 4.98 Å². The second-order valence-corrected chi connectivity index (χ2v) is 5.81. The van der Waals surface area contributed by atoms with Crippen LogP contribution in [-0.4, -0.2) is 37.0 Å². The number of aromatic nitrogens is 1. The predicted octanol–water partition coefficient (Wildman–Crippen LogP) is 4.00. The second kappa shape index (κ2) is 7.83. The number of hydrogen-bond donors (Lipinski definition) is 1. The first-order chi connectivity index (χ1) is 13.5. The number of H-pyrrole nitrogens is 1. The molecule has 0 amide bonds. The van der Waals surface area contributed by atoms with Crippen molar-refractivity contribution < 1.29 is 23.9 Å². The number of carbonyl (C=O) groups excluding carboxylic acids is 1. The lowest BCUT2D eigenvalue weighted by Gasteiger charge is -2.13. The molecule has 0 fully saturated rings. The second-order valence-electron chi connectivity index (χ2n) is 5.81. The number of aromatic amines is 1. The fourth-order valence-electron chi connectivity index (χ4n) is 2.94. The Morgan fingerprint density at radius 3 is 2.36 bits per heavy atom. The zero-order valence-electron chi connectivity index (χ0n) is 15.5. The fraction of sp³-hybridized carbons (Fsp3) is 0.150. The summed E-state index contributed by atoms with van der Waals surface area (Å²) in [5.74, 6) is 0.871. The summed E-state index contributed by atoms with van der Waals surface area (Å²) in [6, 6.07) is 7.91. The van der Waals surface area contributed by atoms with Crippen LogP contribution in [0.4, 0.5) is 5.69 Å². The average molecular weight is 382 g/mol.